The van der Waals surface area contributed by atoms with Gasteiger partial charge in [-0.05, 0) is 6.08 Å². The number of ketones is 1. The van der Waals surface area contributed by atoms with Crippen LogP contribution >= 0.6 is 0 Å². The Hall–Kier alpha value is -3.81. The third-order valence-corrected chi connectivity index (χ3v) is 5.62. The maximum absolute atomic E-state index is 13.5. The molecular formula is C26H32N2O11. The molecule has 0 spiro atoms. The van der Waals surface area contributed by atoms with Crippen LogP contribution in [0.5, 0.6) is 0 Å². The molecule has 5 atom stereocenters. The van der Waals surface area contributed by atoms with Crippen molar-refractivity contribution in [3.05, 3.63) is 47.7 Å². The maximum Gasteiger partial charge on any atom is 0.303 e. The average molecular weight is 549 g/mol. The number of Topliss-reactive ketones (excluding diaryl/α,β-unsaturated/α-hetero) is 1. The molecule has 0 aromatic heterocycles. The lowest BCUT2D eigenvalue weighted by Gasteiger charge is -2.44. The van der Waals surface area contributed by atoms with E-state index in [1.54, 1.807) is 30.3 Å². The van der Waals surface area contributed by atoms with Crippen molar-refractivity contribution >= 4 is 29.7 Å². The fourth-order valence-corrected chi connectivity index (χ4v) is 4.11. The van der Waals surface area contributed by atoms with Gasteiger partial charge in [-0.25, -0.2) is 0 Å². The van der Waals surface area contributed by atoms with Crippen LogP contribution in [-0.2, 0) is 47.6 Å². The summed E-state index contributed by atoms with van der Waals surface area (Å²) >= 11 is 0. The van der Waals surface area contributed by atoms with E-state index in [4.69, 9.17) is 28.4 Å². The van der Waals surface area contributed by atoms with E-state index in [0.717, 1.165) is 20.8 Å². The third kappa shape index (κ3) is 8.60. The molecular weight excluding hydrogens is 516 g/mol. The minimum absolute atomic E-state index is 0.158. The lowest BCUT2D eigenvalue weighted by molar-refractivity contribution is -0.299. The summed E-state index contributed by atoms with van der Waals surface area (Å²) in [6.45, 7) is 5.40. The number of carbonyl (C=O) groups is 5. The van der Waals surface area contributed by atoms with E-state index in [1.807, 2.05) is 0 Å². The number of rotatable bonds is 10. The molecule has 0 aliphatic carbocycles. The van der Waals surface area contributed by atoms with E-state index in [9.17, 15) is 24.0 Å². The van der Waals surface area contributed by atoms with Crippen LogP contribution in [0.4, 0.5) is 0 Å². The summed E-state index contributed by atoms with van der Waals surface area (Å²) in [4.78, 5) is 61.1. The highest BCUT2D eigenvalue weighted by molar-refractivity contribution is 6.07. The van der Waals surface area contributed by atoms with Crippen LogP contribution in [0.1, 0.15) is 38.1 Å². The average Bonchev–Trinajstić information content (AvgIpc) is 3.38. The molecule has 1 aromatic carbocycles. The molecule has 0 bridgehead atoms. The van der Waals surface area contributed by atoms with E-state index >= 15 is 0 Å². The van der Waals surface area contributed by atoms with Crippen molar-refractivity contribution in [3.63, 3.8) is 0 Å². The number of ether oxygens (including phenoxy) is 6. The second-order valence-corrected chi connectivity index (χ2v) is 8.80. The Morgan fingerprint density at radius 3 is 1.92 bits per heavy atom. The first-order chi connectivity index (χ1) is 18.5. The Morgan fingerprint density at radius 2 is 1.36 bits per heavy atom. The summed E-state index contributed by atoms with van der Waals surface area (Å²) in [5.74, 6) is -3.63. The van der Waals surface area contributed by atoms with Gasteiger partial charge in [-0.3, -0.25) is 34.6 Å². The smallest absolute Gasteiger partial charge is 0.303 e. The van der Waals surface area contributed by atoms with Gasteiger partial charge >= 0.3 is 23.9 Å². The van der Waals surface area contributed by atoms with Crippen molar-refractivity contribution in [3.8, 4) is 0 Å². The molecule has 2 aliphatic rings. The molecule has 2 fully saturated rings. The monoisotopic (exact) mass is 548 g/mol. The SMILES string of the molecule is CC(=O)OCC1OC(O/C(=C\C2NCCN2)C(=O)c2ccccc2)C(OC(C)=O)C(OC(C)=O)C1OC(C)=O. The van der Waals surface area contributed by atoms with Crippen LogP contribution in [0.3, 0.4) is 0 Å². The first-order valence-electron chi connectivity index (χ1n) is 12.3. The topological polar surface area (TPSA) is 165 Å². The number of carbonyl (C=O) groups excluding carboxylic acids is 5. The van der Waals surface area contributed by atoms with Crippen LogP contribution in [0.25, 0.3) is 0 Å². The van der Waals surface area contributed by atoms with Gasteiger partial charge in [-0.1, -0.05) is 30.3 Å². The van der Waals surface area contributed by atoms with Crippen LogP contribution < -0.4 is 10.6 Å². The Labute approximate surface area is 225 Å². The molecule has 13 heteroatoms. The first-order valence-corrected chi connectivity index (χ1v) is 12.3. The molecule has 212 valence electrons. The molecule has 2 saturated heterocycles. The van der Waals surface area contributed by atoms with E-state index in [1.165, 1.54) is 13.0 Å². The van der Waals surface area contributed by atoms with Crippen molar-refractivity contribution in [1.82, 2.24) is 10.6 Å². The van der Waals surface area contributed by atoms with Gasteiger partial charge in [0.25, 0.3) is 0 Å². The highest BCUT2D eigenvalue weighted by atomic mass is 16.7. The molecule has 2 N–H and O–H groups in total. The van der Waals surface area contributed by atoms with Crippen LogP contribution in [0, 0.1) is 0 Å². The number of allylic oxidation sites excluding steroid dienone is 1. The number of nitrogens with one attached hydrogen (secondary N) is 2. The summed E-state index contributed by atoms with van der Waals surface area (Å²) in [5.41, 5.74) is 0.312. The molecule has 0 radical (unpaired) electrons. The highest BCUT2D eigenvalue weighted by Gasteiger charge is 2.53. The summed E-state index contributed by atoms with van der Waals surface area (Å²) < 4.78 is 33.3. The zero-order chi connectivity index (χ0) is 28.5. The van der Waals surface area contributed by atoms with Crippen LogP contribution in [0.2, 0.25) is 0 Å². The van der Waals surface area contributed by atoms with Crippen LogP contribution in [-0.4, -0.2) is 86.2 Å². The van der Waals surface area contributed by atoms with Gasteiger partial charge in [0.2, 0.25) is 18.2 Å². The van der Waals surface area contributed by atoms with Gasteiger partial charge < -0.3 is 28.4 Å². The van der Waals surface area contributed by atoms with Gasteiger partial charge in [-0.15, -0.1) is 0 Å². The molecule has 3 rings (SSSR count). The molecule has 0 amide bonds. The largest absolute Gasteiger partial charge is 0.463 e. The predicted octanol–water partition coefficient (Wildman–Crippen LogP) is 0.372. The summed E-state index contributed by atoms with van der Waals surface area (Å²) in [6, 6.07) is 8.32. The Balaban J connectivity index is 2.04. The zero-order valence-electron chi connectivity index (χ0n) is 22.0. The van der Waals surface area contributed by atoms with Crippen molar-refractivity contribution in [2.45, 2.75) is 64.6 Å². The summed E-state index contributed by atoms with van der Waals surface area (Å²) in [6.07, 6.45) is -5.90. The van der Waals surface area contributed by atoms with E-state index < -0.39 is 73.1 Å². The van der Waals surface area contributed by atoms with Gasteiger partial charge in [0.05, 0.1) is 6.17 Å². The minimum atomic E-state index is -1.54. The molecule has 2 aliphatic heterocycles. The van der Waals surface area contributed by atoms with Gasteiger partial charge in [-0.2, -0.15) is 0 Å². The maximum atomic E-state index is 13.5. The van der Waals surface area contributed by atoms with Crippen molar-refractivity contribution in [1.29, 1.82) is 0 Å². The zero-order valence-corrected chi connectivity index (χ0v) is 22.0. The van der Waals surface area contributed by atoms with Crippen molar-refractivity contribution < 1.29 is 52.4 Å². The van der Waals surface area contributed by atoms with Crippen molar-refractivity contribution in [2.24, 2.45) is 0 Å². The number of esters is 4. The Kier molecular flexibility index (Phi) is 10.5. The van der Waals surface area contributed by atoms with E-state index in [0.29, 0.717) is 18.7 Å². The number of hydrogen-bond donors (Lipinski definition) is 2. The van der Waals surface area contributed by atoms with E-state index in [-0.39, 0.29) is 5.76 Å². The number of hydrogen-bond acceptors (Lipinski definition) is 13. The molecule has 5 unspecified atom stereocenters. The lowest BCUT2D eigenvalue weighted by atomic mass is 9.98. The molecule has 13 nitrogen and oxygen atoms in total. The van der Waals surface area contributed by atoms with Crippen molar-refractivity contribution in [2.75, 3.05) is 19.7 Å². The fraction of sp³-hybridized carbons (Fsp3) is 0.500. The normalized spacial score (nSPS) is 25.3. The molecule has 1 aromatic rings. The highest BCUT2D eigenvalue weighted by Crippen LogP contribution is 2.31. The summed E-state index contributed by atoms with van der Waals surface area (Å²) in [5, 5.41) is 6.30. The second kappa shape index (κ2) is 13.8. The Morgan fingerprint density at radius 1 is 0.795 bits per heavy atom. The lowest BCUT2D eigenvalue weighted by Crippen LogP contribution is -2.63. The first kappa shape index (κ1) is 29.7. The van der Waals surface area contributed by atoms with Gasteiger partial charge in [0.15, 0.2) is 18.0 Å². The molecule has 2 heterocycles. The minimum Gasteiger partial charge on any atom is -0.463 e. The van der Waals surface area contributed by atoms with Crippen LogP contribution in [0.15, 0.2) is 42.2 Å². The second-order valence-electron chi connectivity index (χ2n) is 8.80. The quantitative estimate of drug-likeness (QED) is 0.136. The number of benzene rings is 1. The fourth-order valence-electron chi connectivity index (χ4n) is 4.11. The molecule has 0 saturated carbocycles. The summed E-state index contributed by atoms with van der Waals surface area (Å²) in [7, 11) is 0. The van der Waals surface area contributed by atoms with Gasteiger partial charge in [0, 0.05) is 46.3 Å². The van der Waals surface area contributed by atoms with Gasteiger partial charge in [0.1, 0.15) is 12.7 Å². The predicted molar refractivity (Wildman–Crippen MR) is 132 cm³/mol. The standard InChI is InChI=1S/C26H32N2O11/c1-14(29)34-13-20-23(35-15(2)30)24(36-16(3)31)25(37-17(4)32)26(39-20)38-19(12-21-27-10-11-28-21)22(33)18-8-6-5-7-9-18/h5-9,12,20-21,23-28H,10-11,13H2,1-4H3/b19-12-. The molecule has 39 heavy (non-hydrogen) atoms. The third-order valence-electron chi connectivity index (χ3n) is 5.62. The van der Waals surface area contributed by atoms with E-state index in [2.05, 4.69) is 10.6 Å². The Bertz CT molecular complexity index is 1080.